The van der Waals surface area contributed by atoms with Crippen LogP contribution in [0.2, 0.25) is 0 Å². The van der Waals surface area contributed by atoms with Crippen LogP contribution in [0.15, 0.2) is 16.3 Å². The van der Waals surface area contributed by atoms with E-state index in [2.05, 4.69) is 4.72 Å². The average Bonchev–Trinajstić information content (AvgIpc) is 2.70. The van der Waals surface area contributed by atoms with Gasteiger partial charge in [0, 0.05) is 17.5 Å². The second kappa shape index (κ2) is 6.14. The summed E-state index contributed by atoms with van der Waals surface area (Å²) in [5.41, 5.74) is 5.51. The third-order valence-corrected chi connectivity index (χ3v) is 6.40. The third-order valence-electron chi connectivity index (χ3n) is 3.28. The highest BCUT2D eigenvalue weighted by Gasteiger charge is 2.22. The maximum absolute atomic E-state index is 12.2. The zero-order valence-electron chi connectivity index (χ0n) is 10.4. The van der Waals surface area contributed by atoms with Crippen molar-refractivity contribution in [2.45, 2.75) is 55.3 Å². The number of sulfonamides is 1. The molecule has 0 aromatic carbocycles. The number of hydrogen-bond acceptors (Lipinski definition) is 4. The second-order valence-electron chi connectivity index (χ2n) is 4.73. The Kier molecular flexibility index (Phi) is 4.77. The quantitative estimate of drug-likeness (QED) is 0.834. The van der Waals surface area contributed by atoms with E-state index in [0.717, 1.165) is 30.6 Å². The Balaban J connectivity index is 2.06. The SMILES string of the molecule is NCc1ccc(S(=O)(=O)NC2CCCCCC2)s1. The number of hydrogen-bond donors (Lipinski definition) is 2. The minimum absolute atomic E-state index is 0.0981. The summed E-state index contributed by atoms with van der Waals surface area (Å²) in [5.74, 6) is 0. The first-order valence-corrected chi connectivity index (χ1v) is 8.73. The summed E-state index contributed by atoms with van der Waals surface area (Å²) in [5, 5.41) is 0. The molecule has 6 heteroatoms. The molecule has 0 spiro atoms. The first-order chi connectivity index (χ1) is 8.62. The lowest BCUT2D eigenvalue weighted by molar-refractivity contribution is 0.511. The Bertz CT molecular complexity index is 474. The molecule has 3 N–H and O–H groups in total. The monoisotopic (exact) mass is 288 g/mol. The van der Waals surface area contributed by atoms with Crippen molar-refractivity contribution in [2.24, 2.45) is 5.73 Å². The molecule has 1 saturated carbocycles. The first-order valence-electron chi connectivity index (χ1n) is 6.43. The molecule has 0 radical (unpaired) electrons. The van der Waals surface area contributed by atoms with Crippen LogP contribution in [0.25, 0.3) is 0 Å². The predicted octanol–water partition coefficient (Wildman–Crippen LogP) is 2.21. The fourth-order valence-corrected chi connectivity index (χ4v) is 4.84. The Hall–Kier alpha value is -0.430. The van der Waals surface area contributed by atoms with Crippen LogP contribution in [-0.4, -0.2) is 14.5 Å². The van der Waals surface area contributed by atoms with Gasteiger partial charge in [-0.15, -0.1) is 11.3 Å². The van der Waals surface area contributed by atoms with Crippen LogP contribution in [-0.2, 0) is 16.6 Å². The van der Waals surface area contributed by atoms with Crippen molar-refractivity contribution < 1.29 is 8.42 Å². The van der Waals surface area contributed by atoms with Crippen LogP contribution < -0.4 is 10.5 Å². The first kappa shape index (κ1) is 14.0. The molecule has 1 aliphatic rings. The van der Waals surface area contributed by atoms with Crippen molar-refractivity contribution in [3.63, 3.8) is 0 Å². The minimum Gasteiger partial charge on any atom is -0.326 e. The van der Waals surface area contributed by atoms with E-state index in [4.69, 9.17) is 5.73 Å². The minimum atomic E-state index is -3.35. The number of nitrogens with one attached hydrogen (secondary N) is 1. The van der Waals surface area contributed by atoms with E-state index in [1.807, 2.05) is 0 Å². The molecule has 0 atom stereocenters. The van der Waals surface area contributed by atoms with Crippen LogP contribution in [0, 0.1) is 0 Å². The summed E-state index contributed by atoms with van der Waals surface area (Å²) in [7, 11) is -3.35. The summed E-state index contributed by atoms with van der Waals surface area (Å²) in [4.78, 5) is 0.899. The van der Waals surface area contributed by atoms with Gasteiger partial charge in [0.15, 0.2) is 0 Å². The smallest absolute Gasteiger partial charge is 0.250 e. The predicted molar refractivity (Wildman–Crippen MR) is 74.0 cm³/mol. The van der Waals surface area contributed by atoms with Gasteiger partial charge in [0.25, 0.3) is 0 Å². The molecule has 1 aromatic heterocycles. The highest BCUT2D eigenvalue weighted by Crippen LogP contribution is 2.23. The van der Waals surface area contributed by atoms with Crippen LogP contribution in [0.3, 0.4) is 0 Å². The highest BCUT2D eigenvalue weighted by atomic mass is 32.2. The lowest BCUT2D eigenvalue weighted by atomic mass is 10.1. The molecule has 0 unspecified atom stereocenters. The summed E-state index contributed by atoms with van der Waals surface area (Å²) >= 11 is 1.26. The molecule has 1 heterocycles. The van der Waals surface area contributed by atoms with Crippen LogP contribution in [0.1, 0.15) is 43.4 Å². The van der Waals surface area contributed by atoms with Crippen LogP contribution in [0.5, 0.6) is 0 Å². The maximum atomic E-state index is 12.2. The van der Waals surface area contributed by atoms with E-state index < -0.39 is 10.0 Å². The van der Waals surface area contributed by atoms with E-state index in [9.17, 15) is 8.42 Å². The fraction of sp³-hybridized carbons (Fsp3) is 0.667. The molecule has 2 rings (SSSR count). The lowest BCUT2D eigenvalue weighted by Gasteiger charge is -2.15. The van der Waals surface area contributed by atoms with Gasteiger partial charge in [0.05, 0.1) is 0 Å². The Morgan fingerprint density at radius 3 is 2.44 bits per heavy atom. The molecule has 1 aliphatic carbocycles. The molecular formula is C12H20N2O2S2. The Morgan fingerprint density at radius 1 is 1.22 bits per heavy atom. The largest absolute Gasteiger partial charge is 0.326 e. The highest BCUT2D eigenvalue weighted by molar-refractivity contribution is 7.91. The van der Waals surface area contributed by atoms with Crippen LogP contribution in [0.4, 0.5) is 0 Å². The van der Waals surface area contributed by atoms with E-state index in [-0.39, 0.29) is 6.04 Å². The topological polar surface area (TPSA) is 72.2 Å². The summed E-state index contributed by atoms with van der Waals surface area (Å²) < 4.78 is 27.6. The van der Waals surface area contributed by atoms with E-state index >= 15 is 0 Å². The number of rotatable bonds is 4. The Labute approximate surface area is 113 Å². The second-order valence-corrected chi connectivity index (χ2v) is 7.84. The molecular weight excluding hydrogens is 268 g/mol. The van der Waals surface area contributed by atoms with E-state index in [0.29, 0.717) is 10.8 Å². The Morgan fingerprint density at radius 2 is 1.89 bits per heavy atom. The van der Waals surface area contributed by atoms with Gasteiger partial charge in [-0.05, 0) is 25.0 Å². The summed E-state index contributed by atoms with van der Waals surface area (Å²) in [6, 6.07) is 3.53. The lowest BCUT2D eigenvalue weighted by Crippen LogP contribution is -2.33. The van der Waals surface area contributed by atoms with E-state index in [1.165, 1.54) is 24.2 Å². The molecule has 102 valence electrons. The van der Waals surface area contributed by atoms with Crippen molar-refractivity contribution in [3.05, 3.63) is 17.0 Å². The van der Waals surface area contributed by atoms with Gasteiger partial charge in [-0.3, -0.25) is 0 Å². The molecule has 0 saturated heterocycles. The van der Waals surface area contributed by atoms with Crippen molar-refractivity contribution in [2.75, 3.05) is 0 Å². The standard InChI is InChI=1S/C12H20N2O2S2/c13-9-11-7-8-12(17-11)18(15,16)14-10-5-3-1-2-4-6-10/h7-8,10,14H,1-6,9,13H2. The average molecular weight is 288 g/mol. The zero-order chi connectivity index (χ0) is 13.0. The van der Waals surface area contributed by atoms with Crippen molar-refractivity contribution >= 4 is 21.4 Å². The summed E-state index contributed by atoms with van der Waals surface area (Å²) in [6.07, 6.45) is 6.57. The molecule has 4 nitrogen and oxygen atoms in total. The molecule has 0 aliphatic heterocycles. The van der Waals surface area contributed by atoms with Gasteiger partial charge in [0.1, 0.15) is 4.21 Å². The van der Waals surface area contributed by atoms with Crippen molar-refractivity contribution in [3.8, 4) is 0 Å². The van der Waals surface area contributed by atoms with Crippen molar-refractivity contribution in [1.29, 1.82) is 0 Å². The van der Waals surface area contributed by atoms with Gasteiger partial charge >= 0.3 is 0 Å². The van der Waals surface area contributed by atoms with Crippen LogP contribution >= 0.6 is 11.3 Å². The van der Waals surface area contributed by atoms with Gasteiger partial charge in [-0.25, -0.2) is 13.1 Å². The molecule has 18 heavy (non-hydrogen) atoms. The third kappa shape index (κ3) is 3.54. The van der Waals surface area contributed by atoms with Gasteiger partial charge in [-0.1, -0.05) is 25.7 Å². The van der Waals surface area contributed by atoms with Gasteiger partial charge < -0.3 is 5.73 Å². The molecule has 0 bridgehead atoms. The molecule has 1 aromatic rings. The zero-order valence-corrected chi connectivity index (χ0v) is 12.0. The normalized spacial score (nSPS) is 18.7. The van der Waals surface area contributed by atoms with E-state index in [1.54, 1.807) is 12.1 Å². The number of nitrogens with two attached hydrogens (primary N) is 1. The molecule has 0 amide bonds. The molecule has 1 fully saturated rings. The maximum Gasteiger partial charge on any atom is 0.250 e. The fourth-order valence-electron chi connectivity index (χ4n) is 2.29. The van der Waals surface area contributed by atoms with Gasteiger partial charge in [-0.2, -0.15) is 0 Å². The summed E-state index contributed by atoms with van der Waals surface area (Å²) in [6.45, 7) is 0.392. The van der Waals surface area contributed by atoms with Crippen molar-refractivity contribution in [1.82, 2.24) is 4.72 Å². The number of thiophene rings is 1. The van der Waals surface area contributed by atoms with Gasteiger partial charge in [0.2, 0.25) is 10.0 Å².